The lowest BCUT2D eigenvalue weighted by atomic mass is 10.2. The molecule has 2 aromatic heterocycles. The van der Waals surface area contributed by atoms with Crippen LogP contribution in [-0.4, -0.2) is 35.3 Å². The molecule has 0 radical (unpaired) electrons. The smallest absolute Gasteiger partial charge is 0.231 e. The standard InChI is InChI=1S/C14H15N5O3S2/c1-24(21,22)18-14-17-16-13(23-14)15-12(20)7-9-19-8-6-10-4-2-3-5-11(10)19/h2-6,8H,7,9H2,1H3,(H,17,18)(H,15,16,20). The SMILES string of the molecule is CS(=O)(=O)Nc1nnc(NC(=O)CCn2ccc3ccccc32)s1. The van der Waals surface area contributed by atoms with E-state index in [-0.39, 0.29) is 22.6 Å². The fraction of sp³-hybridized carbons (Fsp3) is 0.214. The molecule has 0 atom stereocenters. The van der Waals surface area contributed by atoms with Gasteiger partial charge in [0.2, 0.25) is 26.2 Å². The topological polar surface area (TPSA) is 106 Å². The van der Waals surface area contributed by atoms with Gasteiger partial charge in [-0.3, -0.25) is 9.52 Å². The van der Waals surface area contributed by atoms with Crippen LogP contribution in [0.3, 0.4) is 0 Å². The van der Waals surface area contributed by atoms with Gasteiger partial charge in [0.05, 0.1) is 6.26 Å². The molecule has 1 aromatic carbocycles. The summed E-state index contributed by atoms with van der Waals surface area (Å²) in [5.41, 5.74) is 1.07. The number of fused-ring (bicyclic) bond motifs is 1. The van der Waals surface area contributed by atoms with Crippen molar-refractivity contribution >= 4 is 48.4 Å². The normalized spacial score (nSPS) is 11.5. The van der Waals surface area contributed by atoms with E-state index in [1.807, 2.05) is 41.1 Å². The van der Waals surface area contributed by atoms with Crippen molar-refractivity contribution < 1.29 is 13.2 Å². The maximum absolute atomic E-state index is 12.0. The van der Waals surface area contributed by atoms with Gasteiger partial charge in [-0.2, -0.15) is 0 Å². The van der Waals surface area contributed by atoms with Crippen molar-refractivity contribution in [3.63, 3.8) is 0 Å². The van der Waals surface area contributed by atoms with Crippen LogP contribution in [0.5, 0.6) is 0 Å². The van der Waals surface area contributed by atoms with E-state index in [1.165, 1.54) is 0 Å². The number of rotatable bonds is 6. The Kier molecular flexibility index (Phi) is 4.49. The third kappa shape index (κ3) is 4.09. The third-order valence-electron chi connectivity index (χ3n) is 3.20. The summed E-state index contributed by atoms with van der Waals surface area (Å²) < 4.78 is 26.4. The van der Waals surface area contributed by atoms with E-state index >= 15 is 0 Å². The van der Waals surface area contributed by atoms with E-state index in [2.05, 4.69) is 20.2 Å². The minimum absolute atomic E-state index is 0.115. The molecule has 10 heteroatoms. The fourth-order valence-corrected chi connectivity index (χ4v) is 3.70. The zero-order valence-corrected chi connectivity index (χ0v) is 14.4. The molecule has 2 N–H and O–H groups in total. The monoisotopic (exact) mass is 365 g/mol. The number of carbonyl (C=O) groups excluding carboxylic acids is 1. The fourth-order valence-electron chi connectivity index (χ4n) is 2.21. The predicted octanol–water partition coefficient (Wildman–Crippen LogP) is 1.89. The lowest BCUT2D eigenvalue weighted by molar-refractivity contribution is -0.116. The minimum atomic E-state index is -3.41. The summed E-state index contributed by atoms with van der Waals surface area (Å²) in [5, 5.41) is 11.5. The van der Waals surface area contributed by atoms with Gasteiger partial charge in [0, 0.05) is 24.7 Å². The molecule has 0 fully saturated rings. The Morgan fingerprint density at radius 3 is 2.75 bits per heavy atom. The first kappa shape index (κ1) is 16.4. The minimum Gasteiger partial charge on any atom is -0.347 e. The molecule has 0 aliphatic carbocycles. The lowest BCUT2D eigenvalue weighted by Gasteiger charge is -2.05. The van der Waals surface area contributed by atoms with Gasteiger partial charge in [-0.15, -0.1) is 10.2 Å². The number of aromatic nitrogens is 3. The second-order valence-electron chi connectivity index (χ2n) is 5.15. The zero-order valence-electron chi connectivity index (χ0n) is 12.8. The molecule has 0 spiro atoms. The Labute approximate surface area is 142 Å². The van der Waals surface area contributed by atoms with Crippen molar-refractivity contribution in [2.24, 2.45) is 0 Å². The van der Waals surface area contributed by atoms with Crippen molar-refractivity contribution in [2.45, 2.75) is 13.0 Å². The number of amides is 1. The third-order valence-corrected chi connectivity index (χ3v) is 4.65. The molecule has 0 aliphatic rings. The Morgan fingerprint density at radius 1 is 1.21 bits per heavy atom. The number of anilines is 2. The van der Waals surface area contributed by atoms with Crippen LogP contribution in [0.1, 0.15) is 6.42 Å². The average Bonchev–Trinajstić information content (AvgIpc) is 3.10. The highest BCUT2D eigenvalue weighted by Crippen LogP contribution is 2.21. The van der Waals surface area contributed by atoms with E-state index in [9.17, 15) is 13.2 Å². The van der Waals surface area contributed by atoms with Crippen molar-refractivity contribution in [1.82, 2.24) is 14.8 Å². The van der Waals surface area contributed by atoms with E-state index in [4.69, 9.17) is 0 Å². The van der Waals surface area contributed by atoms with Crippen LogP contribution >= 0.6 is 11.3 Å². The summed E-state index contributed by atoms with van der Waals surface area (Å²) in [6.45, 7) is 0.534. The summed E-state index contributed by atoms with van der Waals surface area (Å²) in [6.07, 6.45) is 3.23. The van der Waals surface area contributed by atoms with E-state index in [0.29, 0.717) is 6.54 Å². The molecule has 0 bridgehead atoms. The first-order valence-corrected chi connectivity index (χ1v) is 9.76. The van der Waals surface area contributed by atoms with Crippen molar-refractivity contribution in [2.75, 3.05) is 16.3 Å². The first-order valence-electron chi connectivity index (χ1n) is 7.06. The molecule has 24 heavy (non-hydrogen) atoms. The second kappa shape index (κ2) is 6.57. The second-order valence-corrected chi connectivity index (χ2v) is 7.88. The van der Waals surface area contributed by atoms with E-state index < -0.39 is 10.0 Å². The van der Waals surface area contributed by atoms with Gasteiger partial charge >= 0.3 is 0 Å². The number of hydrogen-bond acceptors (Lipinski definition) is 6. The molecule has 3 aromatic rings. The molecule has 0 aliphatic heterocycles. The number of nitrogens with one attached hydrogen (secondary N) is 2. The Bertz CT molecular complexity index is 977. The van der Waals surface area contributed by atoms with Gasteiger partial charge in [-0.25, -0.2) is 8.42 Å². The maximum Gasteiger partial charge on any atom is 0.231 e. The number of nitrogens with zero attached hydrogens (tertiary/aromatic N) is 3. The highest BCUT2D eigenvalue weighted by molar-refractivity contribution is 7.92. The number of aryl methyl sites for hydroxylation is 1. The molecule has 2 heterocycles. The number of para-hydroxylation sites is 1. The summed E-state index contributed by atoms with van der Waals surface area (Å²) in [4.78, 5) is 12.0. The molecule has 1 amide bonds. The van der Waals surface area contributed by atoms with Crippen molar-refractivity contribution in [3.8, 4) is 0 Å². The molecule has 0 saturated carbocycles. The van der Waals surface area contributed by atoms with Crippen LogP contribution in [0.25, 0.3) is 10.9 Å². The molecule has 8 nitrogen and oxygen atoms in total. The van der Waals surface area contributed by atoms with Crippen LogP contribution in [0.15, 0.2) is 36.5 Å². The van der Waals surface area contributed by atoms with Crippen molar-refractivity contribution in [3.05, 3.63) is 36.5 Å². The lowest BCUT2D eigenvalue weighted by Crippen LogP contribution is -2.14. The number of sulfonamides is 1. The number of benzene rings is 1. The van der Waals surface area contributed by atoms with Gasteiger partial charge in [0.25, 0.3) is 0 Å². The van der Waals surface area contributed by atoms with Gasteiger partial charge in [0.15, 0.2) is 0 Å². The van der Waals surface area contributed by atoms with Crippen LogP contribution in [0.4, 0.5) is 10.3 Å². The molecular formula is C14H15N5O3S2. The van der Waals surface area contributed by atoms with E-state index in [1.54, 1.807) is 0 Å². The first-order chi connectivity index (χ1) is 11.4. The van der Waals surface area contributed by atoms with E-state index in [0.717, 1.165) is 28.5 Å². The van der Waals surface area contributed by atoms with Crippen LogP contribution in [-0.2, 0) is 21.4 Å². The highest BCUT2D eigenvalue weighted by Gasteiger charge is 2.11. The predicted molar refractivity (Wildman–Crippen MR) is 93.6 cm³/mol. The summed E-state index contributed by atoms with van der Waals surface area (Å²) in [7, 11) is -3.41. The Hall–Kier alpha value is -2.46. The molecule has 0 unspecified atom stereocenters. The average molecular weight is 365 g/mol. The molecule has 3 rings (SSSR count). The largest absolute Gasteiger partial charge is 0.347 e. The highest BCUT2D eigenvalue weighted by atomic mass is 32.2. The molecular weight excluding hydrogens is 350 g/mol. The summed E-state index contributed by atoms with van der Waals surface area (Å²) in [5.74, 6) is -0.213. The van der Waals surface area contributed by atoms with Gasteiger partial charge < -0.3 is 9.88 Å². The molecule has 126 valence electrons. The van der Waals surface area contributed by atoms with Gasteiger partial charge in [0.1, 0.15) is 0 Å². The van der Waals surface area contributed by atoms with Crippen LogP contribution < -0.4 is 10.0 Å². The Balaban J connectivity index is 1.58. The summed E-state index contributed by atoms with van der Waals surface area (Å²) in [6, 6.07) is 9.94. The van der Waals surface area contributed by atoms with Gasteiger partial charge in [-0.05, 0) is 17.5 Å². The quantitative estimate of drug-likeness (QED) is 0.694. The Morgan fingerprint density at radius 2 is 1.96 bits per heavy atom. The maximum atomic E-state index is 12.0. The van der Waals surface area contributed by atoms with Crippen LogP contribution in [0.2, 0.25) is 0 Å². The molecule has 0 saturated heterocycles. The number of carbonyl (C=O) groups is 1. The van der Waals surface area contributed by atoms with Crippen molar-refractivity contribution in [1.29, 1.82) is 0 Å². The number of hydrogen-bond donors (Lipinski definition) is 2. The van der Waals surface area contributed by atoms with Crippen LogP contribution in [0, 0.1) is 0 Å². The van der Waals surface area contributed by atoms with Gasteiger partial charge in [-0.1, -0.05) is 29.5 Å². The summed E-state index contributed by atoms with van der Waals surface area (Å²) >= 11 is 0.963. The zero-order chi connectivity index (χ0) is 17.2.